The monoisotopic (exact) mass is 248 g/mol. The van der Waals surface area contributed by atoms with E-state index in [0.717, 1.165) is 5.56 Å². The van der Waals surface area contributed by atoms with E-state index < -0.39 is 11.7 Å². The van der Waals surface area contributed by atoms with E-state index in [-0.39, 0.29) is 11.5 Å². The van der Waals surface area contributed by atoms with Gasteiger partial charge in [-0.3, -0.25) is 9.89 Å². The second-order valence-corrected chi connectivity index (χ2v) is 3.90. The molecule has 0 saturated heterocycles. The Morgan fingerprint density at radius 3 is 2.89 bits per heavy atom. The lowest BCUT2D eigenvalue weighted by Crippen LogP contribution is -2.14. The maximum atomic E-state index is 13.5. The number of benzene rings is 1. The Morgan fingerprint density at radius 1 is 1.50 bits per heavy atom. The largest absolute Gasteiger partial charge is 0.317 e. The molecule has 2 rings (SSSR count). The second-order valence-electron chi connectivity index (χ2n) is 3.90. The lowest BCUT2D eigenvalue weighted by Gasteiger charge is -2.04. The number of hydrogen-bond donors (Lipinski definition) is 2. The van der Waals surface area contributed by atoms with Crippen molar-refractivity contribution in [3.63, 3.8) is 0 Å². The van der Waals surface area contributed by atoms with Crippen LogP contribution >= 0.6 is 0 Å². The number of halogens is 1. The molecular weight excluding hydrogens is 235 g/mol. The number of carbonyl (C=O) groups excluding carboxylic acids is 1. The van der Waals surface area contributed by atoms with Crippen LogP contribution in [0.2, 0.25) is 0 Å². The number of anilines is 1. The van der Waals surface area contributed by atoms with E-state index in [0.29, 0.717) is 12.2 Å². The van der Waals surface area contributed by atoms with E-state index in [1.807, 2.05) is 6.92 Å². The summed E-state index contributed by atoms with van der Waals surface area (Å²) in [7, 11) is 0. The van der Waals surface area contributed by atoms with E-state index in [2.05, 4.69) is 20.5 Å². The van der Waals surface area contributed by atoms with E-state index in [9.17, 15) is 9.18 Å². The number of aromatic amines is 1. The topological polar surface area (TPSA) is 70.7 Å². The molecule has 0 spiro atoms. The van der Waals surface area contributed by atoms with E-state index >= 15 is 0 Å². The first-order valence-corrected chi connectivity index (χ1v) is 5.59. The predicted molar refractivity (Wildman–Crippen MR) is 64.9 cm³/mol. The maximum Gasteiger partial charge on any atom is 0.295 e. The molecular formula is C12H13FN4O. The maximum absolute atomic E-state index is 13.5. The predicted octanol–water partition coefficient (Wildman–Crippen LogP) is 2.07. The van der Waals surface area contributed by atoms with Gasteiger partial charge in [-0.05, 0) is 24.6 Å². The number of amides is 1. The fourth-order valence-corrected chi connectivity index (χ4v) is 1.45. The Labute approximate surface area is 103 Å². The zero-order valence-corrected chi connectivity index (χ0v) is 10.1. The summed E-state index contributed by atoms with van der Waals surface area (Å²) in [6.45, 7) is 3.67. The van der Waals surface area contributed by atoms with Crippen molar-refractivity contribution in [1.29, 1.82) is 0 Å². The lowest BCUT2D eigenvalue weighted by atomic mass is 10.2. The van der Waals surface area contributed by atoms with Crippen molar-refractivity contribution in [3.8, 4) is 0 Å². The molecule has 1 aromatic carbocycles. The highest BCUT2D eigenvalue weighted by atomic mass is 19.1. The molecule has 0 saturated carbocycles. The molecule has 1 aromatic heterocycles. The average molecular weight is 248 g/mol. The third kappa shape index (κ3) is 2.53. The molecule has 6 heteroatoms. The Balaban J connectivity index is 2.16. The van der Waals surface area contributed by atoms with Gasteiger partial charge < -0.3 is 5.32 Å². The minimum atomic E-state index is -0.534. The summed E-state index contributed by atoms with van der Waals surface area (Å²) < 4.78 is 13.5. The number of nitrogens with one attached hydrogen (secondary N) is 2. The molecule has 0 fully saturated rings. The Morgan fingerprint density at radius 2 is 2.28 bits per heavy atom. The molecule has 0 atom stereocenters. The molecule has 0 bridgehead atoms. The van der Waals surface area contributed by atoms with Crippen LogP contribution < -0.4 is 5.32 Å². The molecule has 5 nitrogen and oxygen atoms in total. The van der Waals surface area contributed by atoms with E-state index in [1.54, 1.807) is 13.0 Å². The van der Waals surface area contributed by atoms with Crippen molar-refractivity contribution in [3.05, 3.63) is 41.2 Å². The summed E-state index contributed by atoms with van der Waals surface area (Å²) >= 11 is 0. The molecule has 2 N–H and O–H groups in total. The molecule has 1 amide bonds. The standard InChI is InChI=1S/C12H13FN4O/c1-3-10-15-11(17-16-10)12(18)14-9-5-4-7(2)6-8(9)13/h4-6H,3H2,1-2H3,(H,14,18)(H,15,16,17). The summed E-state index contributed by atoms with van der Waals surface area (Å²) in [5.74, 6) is -0.389. The molecule has 0 unspecified atom stereocenters. The molecule has 0 aliphatic heterocycles. The number of nitrogens with zero attached hydrogens (tertiary/aromatic N) is 2. The summed E-state index contributed by atoms with van der Waals surface area (Å²) in [5, 5.41) is 8.82. The van der Waals surface area contributed by atoms with Crippen LogP contribution in [-0.4, -0.2) is 21.1 Å². The minimum absolute atomic E-state index is 0.00632. The van der Waals surface area contributed by atoms with Crippen molar-refractivity contribution in [2.24, 2.45) is 0 Å². The van der Waals surface area contributed by atoms with Crippen molar-refractivity contribution >= 4 is 11.6 Å². The highest BCUT2D eigenvalue weighted by Crippen LogP contribution is 2.15. The van der Waals surface area contributed by atoms with Gasteiger partial charge in [0.2, 0.25) is 5.82 Å². The first-order chi connectivity index (χ1) is 8.60. The number of hydrogen-bond acceptors (Lipinski definition) is 3. The van der Waals surface area contributed by atoms with Gasteiger partial charge in [0.05, 0.1) is 5.69 Å². The highest BCUT2D eigenvalue weighted by molar-refractivity contribution is 6.01. The number of rotatable bonds is 3. The fourth-order valence-electron chi connectivity index (χ4n) is 1.45. The minimum Gasteiger partial charge on any atom is -0.317 e. The van der Waals surface area contributed by atoms with Gasteiger partial charge in [-0.15, -0.1) is 5.10 Å². The summed E-state index contributed by atoms with van der Waals surface area (Å²) in [5.41, 5.74) is 0.908. The van der Waals surface area contributed by atoms with Gasteiger partial charge in [0.1, 0.15) is 11.6 Å². The smallest absolute Gasteiger partial charge is 0.295 e. The van der Waals surface area contributed by atoms with Crippen LogP contribution in [0, 0.1) is 12.7 Å². The van der Waals surface area contributed by atoms with Gasteiger partial charge in [-0.2, -0.15) is 0 Å². The summed E-state index contributed by atoms with van der Waals surface area (Å²) in [4.78, 5) is 15.7. The third-order valence-electron chi connectivity index (χ3n) is 2.44. The van der Waals surface area contributed by atoms with Crippen LogP contribution in [0.15, 0.2) is 18.2 Å². The van der Waals surface area contributed by atoms with Gasteiger partial charge in [0.25, 0.3) is 5.91 Å². The first kappa shape index (κ1) is 12.2. The quantitative estimate of drug-likeness (QED) is 0.873. The Kier molecular flexibility index (Phi) is 3.36. The fraction of sp³-hybridized carbons (Fsp3) is 0.250. The van der Waals surface area contributed by atoms with Crippen molar-refractivity contribution < 1.29 is 9.18 Å². The normalized spacial score (nSPS) is 10.4. The zero-order chi connectivity index (χ0) is 13.1. The van der Waals surface area contributed by atoms with Crippen LogP contribution in [0.1, 0.15) is 28.9 Å². The van der Waals surface area contributed by atoms with Crippen LogP contribution in [-0.2, 0) is 6.42 Å². The van der Waals surface area contributed by atoms with E-state index in [1.165, 1.54) is 12.1 Å². The molecule has 0 aliphatic rings. The Bertz CT molecular complexity index is 579. The molecule has 94 valence electrons. The highest BCUT2D eigenvalue weighted by Gasteiger charge is 2.13. The van der Waals surface area contributed by atoms with Crippen molar-refractivity contribution in [2.75, 3.05) is 5.32 Å². The van der Waals surface area contributed by atoms with Crippen molar-refractivity contribution in [2.45, 2.75) is 20.3 Å². The van der Waals surface area contributed by atoms with Gasteiger partial charge in [0.15, 0.2) is 0 Å². The molecule has 2 aromatic rings. The summed E-state index contributed by atoms with van der Waals surface area (Å²) in [6, 6.07) is 4.58. The van der Waals surface area contributed by atoms with E-state index in [4.69, 9.17) is 0 Å². The third-order valence-corrected chi connectivity index (χ3v) is 2.44. The number of aryl methyl sites for hydroxylation is 2. The van der Waals surface area contributed by atoms with Crippen molar-refractivity contribution in [1.82, 2.24) is 15.2 Å². The average Bonchev–Trinajstić information content (AvgIpc) is 2.81. The Hall–Kier alpha value is -2.24. The summed E-state index contributed by atoms with van der Waals surface area (Å²) in [6.07, 6.45) is 0.652. The van der Waals surface area contributed by atoms with Gasteiger partial charge in [-0.25, -0.2) is 9.37 Å². The van der Waals surface area contributed by atoms with Crippen LogP contribution in [0.3, 0.4) is 0 Å². The van der Waals surface area contributed by atoms with Gasteiger partial charge in [0, 0.05) is 6.42 Å². The van der Waals surface area contributed by atoms with Gasteiger partial charge >= 0.3 is 0 Å². The molecule has 1 heterocycles. The molecule has 0 aliphatic carbocycles. The SMILES string of the molecule is CCc1nc(C(=O)Nc2ccc(C)cc2F)n[nH]1. The van der Waals surface area contributed by atoms with Gasteiger partial charge in [-0.1, -0.05) is 13.0 Å². The van der Waals surface area contributed by atoms with Crippen LogP contribution in [0.4, 0.5) is 10.1 Å². The first-order valence-electron chi connectivity index (χ1n) is 5.59. The number of aromatic nitrogens is 3. The number of carbonyl (C=O) groups is 1. The van der Waals surface area contributed by atoms with Crippen LogP contribution in [0.5, 0.6) is 0 Å². The lowest BCUT2D eigenvalue weighted by molar-refractivity contribution is 0.101. The molecule has 0 radical (unpaired) electrons. The zero-order valence-electron chi connectivity index (χ0n) is 10.1. The number of H-pyrrole nitrogens is 1. The van der Waals surface area contributed by atoms with Crippen LogP contribution in [0.25, 0.3) is 0 Å². The molecule has 18 heavy (non-hydrogen) atoms. The second kappa shape index (κ2) is 4.95.